The molecule has 2 rings (SSSR count). The standard InChI is InChI=1S/C20H29N3O3S/c1-3-13-26-17-11-9-15(14-18(17)25-4-2)10-12-19(24)22-23-20(27)21-16-7-5-6-8-16/h9-12,14,16H,3-8,13H2,1-2H3,(H,22,24)(H2,21,23,27)/b12-10+. The highest BCUT2D eigenvalue weighted by Gasteiger charge is 2.15. The molecule has 1 aliphatic carbocycles. The third-order valence-electron chi connectivity index (χ3n) is 4.15. The highest BCUT2D eigenvalue weighted by atomic mass is 32.1. The molecule has 0 heterocycles. The van der Waals surface area contributed by atoms with Crippen LogP contribution in [0.25, 0.3) is 6.08 Å². The van der Waals surface area contributed by atoms with Gasteiger partial charge in [0.05, 0.1) is 13.2 Å². The van der Waals surface area contributed by atoms with Gasteiger partial charge in [0.25, 0.3) is 5.91 Å². The van der Waals surface area contributed by atoms with Gasteiger partial charge in [-0.25, -0.2) is 0 Å². The molecule has 1 aromatic carbocycles. The first-order valence-electron chi connectivity index (χ1n) is 9.56. The normalized spacial score (nSPS) is 14.1. The maximum atomic E-state index is 12.0. The van der Waals surface area contributed by atoms with E-state index in [-0.39, 0.29) is 5.91 Å². The van der Waals surface area contributed by atoms with E-state index >= 15 is 0 Å². The smallest absolute Gasteiger partial charge is 0.262 e. The Balaban J connectivity index is 1.84. The van der Waals surface area contributed by atoms with Crippen molar-refractivity contribution in [1.29, 1.82) is 0 Å². The van der Waals surface area contributed by atoms with Gasteiger partial charge in [-0.05, 0) is 62.2 Å². The van der Waals surface area contributed by atoms with E-state index in [0.717, 1.165) is 24.8 Å². The van der Waals surface area contributed by atoms with Crippen LogP contribution in [0, 0.1) is 0 Å². The zero-order chi connectivity index (χ0) is 19.5. The SMILES string of the molecule is CCCOc1ccc(/C=C/C(=O)NNC(=S)NC2CCCC2)cc1OCC. The lowest BCUT2D eigenvalue weighted by Crippen LogP contribution is -2.48. The van der Waals surface area contributed by atoms with Crippen molar-refractivity contribution in [2.45, 2.75) is 52.0 Å². The van der Waals surface area contributed by atoms with Crippen molar-refractivity contribution in [3.63, 3.8) is 0 Å². The van der Waals surface area contributed by atoms with E-state index < -0.39 is 0 Å². The van der Waals surface area contributed by atoms with Gasteiger partial charge in [-0.15, -0.1) is 0 Å². The van der Waals surface area contributed by atoms with E-state index in [2.05, 4.69) is 23.1 Å². The van der Waals surface area contributed by atoms with Crippen LogP contribution in [0.1, 0.15) is 51.5 Å². The summed E-state index contributed by atoms with van der Waals surface area (Å²) in [4.78, 5) is 12.0. The lowest BCUT2D eigenvalue weighted by atomic mass is 10.2. The number of hydrazine groups is 1. The molecule has 0 bridgehead atoms. The number of thiocarbonyl (C=S) groups is 1. The lowest BCUT2D eigenvalue weighted by Gasteiger charge is -2.15. The van der Waals surface area contributed by atoms with E-state index in [1.54, 1.807) is 6.08 Å². The van der Waals surface area contributed by atoms with Gasteiger partial charge in [0, 0.05) is 12.1 Å². The summed E-state index contributed by atoms with van der Waals surface area (Å²) >= 11 is 5.19. The van der Waals surface area contributed by atoms with Crippen LogP contribution in [0.15, 0.2) is 24.3 Å². The van der Waals surface area contributed by atoms with Crippen molar-refractivity contribution in [3.8, 4) is 11.5 Å². The van der Waals surface area contributed by atoms with Crippen LogP contribution >= 0.6 is 12.2 Å². The number of nitrogens with one attached hydrogen (secondary N) is 3. The minimum Gasteiger partial charge on any atom is -0.490 e. The molecule has 1 fully saturated rings. The van der Waals surface area contributed by atoms with Gasteiger partial charge in [0.15, 0.2) is 16.6 Å². The second kappa shape index (κ2) is 11.4. The summed E-state index contributed by atoms with van der Waals surface area (Å²) in [5.41, 5.74) is 6.16. The van der Waals surface area contributed by atoms with Crippen molar-refractivity contribution < 1.29 is 14.3 Å². The molecule has 0 aromatic heterocycles. The molecule has 148 valence electrons. The molecule has 3 N–H and O–H groups in total. The molecule has 0 saturated heterocycles. The summed E-state index contributed by atoms with van der Waals surface area (Å²) in [7, 11) is 0. The third-order valence-corrected chi connectivity index (χ3v) is 4.37. The molecular weight excluding hydrogens is 362 g/mol. The maximum Gasteiger partial charge on any atom is 0.262 e. The Morgan fingerprint density at radius 3 is 2.67 bits per heavy atom. The van der Waals surface area contributed by atoms with Gasteiger partial charge in [-0.2, -0.15) is 0 Å². The van der Waals surface area contributed by atoms with Crippen molar-refractivity contribution in [1.82, 2.24) is 16.2 Å². The Bertz CT molecular complexity index is 658. The van der Waals surface area contributed by atoms with E-state index in [1.165, 1.54) is 18.9 Å². The molecule has 1 amide bonds. The molecule has 0 aliphatic heterocycles. The molecule has 1 aliphatic rings. The average Bonchev–Trinajstić information content (AvgIpc) is 3.17. The first-order chi connectivity index (χ1) is 13.1. The van der Waals surface area contributed by atoms with Crippen LogP contribution in [0.3, 0.4) is 0 Å². The molecule has 7 heteroatoms. The number of hydrogen-bond donors (Lipinski definition) is 3. The molecule has 27 heavy (non-hydrogen) atoms. The van der Waals surface area contributed by atoms with Gasteiger partial charge in [-0.3, -0.25) is 15.6 Å². The molecule has 1 saturated carbocycles. The number of rotatable bonds is 8. The van der Waals surface area contributed by atoms with E-state index in [1.807, 2.05) is 25.1 Å². The Morgan fingerprint density at radius 1 is 1.19 bits per heavy atom. The Labute approximate surface area is 166 Å². The first-order valence-corrected chi connectivity index (χ1v) is 9.97. The van der Waals surface area contributed by atoms with E-state index in [4.69, 9.17) is 21.7 Å². The van der Waals surface area contributed by atoms with Crippen molar-refractivity contribution >= 4 is 29.3 Å². The number of ether oxygens (including phenoxy) is 2. The number of benzene rings is 1. The van der Waals surface area contributed by atoms with Crippen molar-refractivity contribution in [3.05, 3.63) is 29.8 Å². The summed E-state index contributed by atoms with van der Waals surface area (Å²) in [5.74, 6) is 1.11. The van der Waals surface area contributed by atoms with E-state index in [9.17, 15) is 4.79 Å². The van der Waals surface area contributed by atoms with Crippen molar-refractivity contribution in [2.24, 2.45) is 0 Å². The molecule has 0 spiro atoms. The zero-order valence-electron chi connectivity index (χ0n) is 16.0. The Hall–Kier alpha value is -2.28. The highest BCUT2D eigenvalue weighted by molar-refractivity contribution is 7.80. The van der Waals surface area contributed by atoms with Gasteiger partial charge in [0.2, 0.25) is 0 Å². The molecule has 1 aromatic rings. The zero-order valence-corrected chi connectivity index (χ0v) is 16.9. The van der Waals surface area contributed by atoms with Gasteiger partial charge >= 0.3 is 0 Å². The molecule has 0 atom stereocenters. The van der Waals surface area contributed by atoms with Crippen LogP contribution in [0.4, 0.5) is 0 Å². The van der Waals surface area contributed by atoms with Crippen LogP contribution in [0.2, 0.25) is 0 Å². The van der Waals surface area contributed by atoms with Crippen LogP contribution in [0.5, 0.6) is 11.5 Å². The summed E-state index contributed by atoms with van der Waals surface area (Å²) in [6, 6.07) is 6.01. The summed E-state index contributed by atoms with van der Waals surface area (Å²) < 4.78 is 11.3. The number of carbonyl (C=O) groups is 1. The van der Waals surface area contributed by atoms with Crippen LogP contribution in [-0.2, 0) is 4.79 Å². The topological polar surface area (TPSA) is 71.6 Å². The monoisotopic (exact) mass is 391 g/mol. The fourth-order valence-corrected chi connectivity index (χ4v) is 3.07. The molecular formula is C20H29N3O3S. The molecule has 0 radical (unpaired) electrons. The second-order valence-corrected chi connectivity index (χ2v) is 6.80. The van der Waals surface area contributed by atoms with Gasteiger partial charge in [0.1, 0.15) is 0 Å². The predicted octanol–water partition coefficient (Wildman–Crippen LogP) is 3.33. The summed E-state index contributed by atoms with van der Waals surface area (Å²) in [6.45, 7) is 5.16. The second-order valence-electron chi connectivity index (χ2n) is 6.39. The number of hydrogen-bond acceptors (Lipinski definition) is 4. The lowest BCUT2D eigenvalue weighted by molar-refractivity contribution is -0.116. The predicted molar refractivity (Wildman–Crippen MR) is 112 cm³/mol. The summed E-state index contributed by atoms with van der Waals surface area (Å²) in [5, 5.41) is 3.65. The molecule has 6 nitrogen and oxygen atoms in total. The van der Waals surface area contributed by atoms with Crippen LogP contribution in [-0.4, -0.2) is 30.3 Å². The quantitative estimate of drug-likeness (QED) is 0.359. The Morgan fingerprint density at radius 2 is 1.96 bits per heavy atom. The minimum absolute atomic E-state index is 0.283. The number of amides is 1. The fourth-order valence-electron chi connectivity index (χ4n) is 2.85. The minimum atomic E-state index is -0.283. The van der Waals surface area contributed by atoms with Gasteiger partial charge < -0.3 is 14.8 Å². The Kier molecular flexibility index (Phi) is 8.91. The van der Waals surface area contributed by atoms with Crippen molar-refractivity contribution in [2.75, 3.05) is 13.2 Å². The third kappa shape index (κ3) is 7.46. The van der Waals surface area contributed by atoms with Crippen LogP contribution < -0.4 is 25.6 Å². The van der Waals surface area contributed by atoms with Gasteiger partial charge in [-0.1, -0.05) is 25.8 Å². The summed E-state index contributed by atoms with van der Waals surface area (Å²) in [6.07, 6.45) is 8.78. The maximum absolute atomic E-state index is 12.0. The largest absolute Gasteiger partial charge is 0.490 e. The number of carbonyl (C=O) groups excluding carboxylic acids is 1. The van der Waals surface area contributed by atoms with E-state index in [0.29, 0.717) is 35.9 Å². The average molecular weight is 392 g/mol. The molecule has 0 unspecified atom stereocenters. The highest BCUT2D eigenvalue weighted by Crippen LogP contribution is 2.29. The fraction of sp³-hybridized carbons (Fsp3) is 0.500. The first kappa shape index (κ1) is 21.0.